The van der Waals surface area contributed by atoms with E-state index >= 15 is 0 Å². The molecule has 1 aromatic carbocycles. The number of carbonyl (C=O) groups excluding carboxylic acids is 2. The maximum absolute atomic E-state index is 13.6. The largest absolute Gasteiger partial charge is 0.349 e. The number of nitrogens with zero attached hydrogens (tertiary/aromatic N) is 2. The first kappa shape index (κ1) is 17.2. The Labute approximate surface area is 145 Å². The molecule has 0 spiro atoms. The lowest BCUT2D eigenvalue weighted by Crippen LogP contribution is -2.40. The molecule has 1 saturated carbocycles. The molecule has 0 aliphatic heterocycles. The number of amides is 1. The number of aromatic nitrogens is 2. The van der Waals surface area contributed by atoms with E-state index in [0.29, 0.717) is 5.69 Å². The van der Waals surface area contributed by atoms with Crippen LogP contribution in [0.15, 0.2) is 29.2 Å². The molecule has 1 unspecified atom stereocenters. The quantitative estimate of drug-likeness (QED) is 0.482. The van der Waals surface area contributed by atoms with Gasteiger partial charge in [0.15, 0.2) is 6.17 Å². The van der Waals surface area contributed by atoms with Crippen molar-refractivity contribution in [2.24, 2.45) is 0 Å². The number of rotatable bonds is 6. The van der Waals surface area contributed by atoms with Gasteiger partial charge in [0.2, 0.25) is 12.2 Å². The van der Waals surface area contributed by atoms with Gasteiger partial charge in [-0.2, -0.15) is 4.98 Å². The lowest BCUT2D eigenvalue weighted by atomic mass is 10.1. The monoisotopic (exact) mass is 367 g/mol. The van der Waals surface area contributed by atoms with Crippen LogP contribution in [0, 0.1) is 11.6 Å². The van der Waals surface area contributed by atoms with E-state index in [4.69, 9.17) is 11.6 Å². The predicted molar refractivity (Wildman–Crippen MR) is 84.4 cm³/mol. The maximum Gasteiger partial charge on any atom is 0.349 e. The second kappa shape index (κ2) is 6.72. The zero-order chi connectivity index (χ0) is 18.1. The van der Waals surface area contributed by atoms with E-state index in [2.05, 4.69) is 10.3 Å². The second-order valence-corrected chi connectivity index (χ2v) is 6.00. The van der Waals surface area contributed by atoms with E-state index in [0.717, 1.165) is 29.5 Å². The van der Waals surface area contributed by atoms with Crippen molar-refractivity contribution in [2.75, 3.05) is 0 Å². The number of ketones is 1. The van der Waals surface area contributed by atoms with Gasteiger partial charge in [-0.1, -0.05) is 11.6 Å². The SMILES string of the molecule is O=CNC(C(=O)c1cc(F)c(Cl)c(F)c1)n1ccc(C2CC2)nc1=O. The highest BCUT2D eigenvalue weighted by Crippen LogP contribution is 2.38. The topological polar surface area (TPSA) is 81.1 Å². The Kier molecular flexibility index (Phi) is 4.63. The van der Waals surface area contributed by atoms with Crippen molar-refractivity contribution in [1.29, 1.82) is 0 Å². The third kappa shape index (κ3) is 3.43. The molecule has 1 aromatic heterocycles. The average molecular weight is 368 g/mol. The summed E-state index contributed by atoms with van der Waals surface area (Å²) in [6.07, 6.45) is 1.94. The van der Waals surface area contributed by atoms with E-state index in [1.54, 1.807) is 6.07 Å². The lowest BCUT2D eigenvalue weighted by Gasteiger charge is -2.18. The van der Waals surface area contributed by atoms with Gasteiger partial charge >= 0.3 is 5.69 Å². The van der Waals surface area contributed by atoms with Crippen LogP contribution in [-0.2, 0) is 4.79 Å². The van der Waals surface area contributed by atoms with Gasteiger partial charge in [-0.05, 0) is 31.0 Å². The average Bonchev–Trinajstić information content (AvgIpc) is 3.42. The summed E-state index contributed by atoms with van der Waals surface area (Å²) in [5.41, 5.74) is -0.508. The number of Topliss-reactive ketones (excluding diaryl/α,β-unsaturated/α-hetero) is 1. The van der Waals surface area contributed by atoms with Crippen molar-refractivity contribution in [3.63, 3.8) is 0 Å². The van der Waals surface area contributed by atoms with Crippen molar-refractivity contribution in [1.82, 2.24) is 14.9 Å². The predicted octanol–water partition coefficient (Wildman–Crippen LogP) is 2.18. The highest BCUT2D eigenvalue weighted by molar-refractivity contribution is 6.31. The van der Waals surface area contributed by atoms with Gasteiger partial charge in [-0.25, -0.2) is 13.6 Å². The molecule has 9 heteroatoms. The van der Waals surface area contributed by atoms with E-state index in [-0.39, 0.29) is 17.9 Å². The minimum atomic E-state index is -1.48. The van der Waals surface area contributed by atoms with Gasteiger partial charge in [0.05, 0.1) is 5.69 Å². The first-order valence-corrected chi connectivity index (χ1v) is 7.77. The maximum atomic E-state index is 13.6. The third-order valence-electron chi connectivity index (χ3n) is 3.87. The van der Waals surface area contributed by atoms with E-state index in [9.17, 15) is 23.2 Å². The van der Waals surface area contributed by atoms with Crippen molar-refractivity contribution < 1.29 is 18.4 Å². The first-order chi connectivity index (χ1) is 11.9. The molecule has 6 nitrogen and oxygen atoms in total. The van der Waals surface area contributed by atoms with E-state index in [1.807, 2.05) is 0 Å². The third-order valence-corrected chi connectivity index (χ3v) is 4.23. The molecule has 1 fully saturated rings. The van der Waals surface area contributed by atoms with Crippen LogP contribution in [-0.4, -0.2) is 21.7 Å². The second-order valence-electron chi connectivity index (χ2n) is 5.62. The Balaban J connectivity index is 1.99. The standard InChI is InChI=1S/C16H12ClF2N3O3/c17-13-10(18)5-9(6-11(13)19)14(24)15(20-7-23)22-4-3-12(8-1-2-8)21-16(22)25/h3-8,15H,1-2H2,(H,20,23). The molecule has 1 aliphatic rings. The molecule has 2 aromatic rings. The molecule has 1 heterocycles. The van der Waals surface area contributed by atoms with Gasteiger partial charge in [-0.15, -0.1) is 0 Å². The minimum absolute atomic E-state index is 0.215. The molecule has 1 atom stereocenters. The highest BCUT2D eigenvalue weighted by atomic mass is 35.5. The smallest absolute Gasteiger partial charge is 0.331 e. The van der Waals surface area contributed by atoms with Crippen molar-refractivity contribution >= 4 is 23.8 Å². The van der Waals surface area contributed by atoms with Crippen LogP contribution in [0.25, 0.3) is 0 Å². The summed E-state index contributed by atoms with van der Waals surface area (Å²) in [5, 5.41) is 1.42. The fraction of sp³-hybridized carbons (Fsp3) is 0.250. The Hall–Kier alpha value is -2.61. The molecule has 0 radical (unpaired) electrons. The molecule has 3 rings (SSSR count). The summed E-state index contributed by atoms with van der Waals surface area (Å²) in [4.78, 5) is 39.5. The zero-order valence-electron chi connectivity index (χ0n) is 12.7. The van der Waals surface area contributed by atoms with Gasteiger partial charge in [-0.3, -0.25) is 14.2 Å². The van der Waals surface area contributed by atoms with Crippen LogP contribution in [0.2, 0.25) is 5.02 Å². The summed E-state index contributed by atoms with van der Waals surface area (Å²) < 4.78 is 28.1. The Bertz CT molecular complexity index is 889. The van der Waals surface area contributed by atoms with E-state index in [1.165, 1.54) is 6.20 Å². The Morgan fingerprint density at radius 1 is 1.36 bits per heavy atom. The summed E-state index contributed by atoms with van der Waals surface area (Å²) in [7, 11) is 0. The number of benzene rings is 1. The van der Waals surface area contributed by atoms with Crippen molar-refractivity contribution in [2.45, 2.75) is 24.9 Å². The van der Waals surface area contributed by atoms with Gasteiger partial charge in [0.1, 0.15) is 16.7 Å². The molecular formula is C16H12ClF2N3O3. The summed E-state index contributed by atoms with van der Waals surface area (Å²) in [6.45, 7) is 0. The number of nitrogens with one attached hydrogen (secondary N) is 1. The fourth-order valence-corrected chi connectivity index (χ4v) is 2.54. The van der Waals surface area contributed by atoms with Crippen LogP contribution < -0.4 is 11.0 Å². The molecule has 1 aliphatic carbocycles. The molecular weight excluding hydrogens is 356 g/mol. The van der Waals surface area contributed by atoms with Gasteiger partial charge in [0, 0.05) is 17.7 Å². The van der Waals surface area contributed by atoms with Crippen molar-refractivity contribution in [3.8, 4) is 0 Å². The lowest BCUT2D eigenvalue weighted by molar-refractivity contribution is -0.110. The van der Waals surface area contributed by atoms with E-state index < -0.39 is 34.3 Å². The molecule has 0 saturated heterocycles. The fourth-order valence-electron chi connectivity index (χ4n) is 2.43. The minimum Gasteiger partial charge on any atom is -0.331 e. The Morgan fingerprint density at radius 3 is 2.52 bits per heavy atom. The summed E-state index contributed by atoms with van der Waals surface area (Å²) in [6, 6.07) is 3.06. The molecule has 1 N–H and O–H groups in total. The molecule has 0 bridgehead atoms. The van der Waals surface area contributed by atoms with Gasteiger partial charge < -0.3 is 5.32 Å². The van der Waals surface area contributed by atoms with Crippen molar-refractivity contribution in [3.05, 3.63) is 62.8 Å². The van der Waals surface area contributed by atoms with Crippen LogP contribution in [0.4, 0.5) is 8.78 Å². The summed E-state index contributed by atoms with van der Waals surface area (Å²) >= 11 is 5.39. The van der Waals surface area contributed by atoms with Crippen LogP contribution >= 0.6 is 11.6 Å². The zero-order valence-corrected chi connectivity index (χ0v) is 13.5. The van der Waals surface area contributed by atoms with Crippen LogP contribution in [0.5, 0.6) is 0 Å². The first-order valence-electron chi connectivity index (χ1n) is 7.40. The molecule has 1 amide bonds. The summed E-state index contributed by atoms with van der Waals surface area (Å²) in [5.74, 6) is -2.89. The number of halogens is 3. The highest BCUT2D eigenvalue weighted by Gasteiger charge is 2.28. The van der Waals surface area contributed by atoms with Gasteiger partial charge in [0.25, 0.3) is 0 Å². The Morgan fingerprint density at radius 2 is 2.00 bits per heavy atom. The molecule has 25 heavy (non-hydrogen) atoms. The van der Waals surface area contributed by atoms with Crippen LogP contribution in [0.1, 0.15) is 41.0 Å². The number of carbonyl (C=O) groups is 2. The molecule has 130 valence electrons. The number of hydrogen-bond acceptors (Lipinski definition) is 4. The number of hydrogen-bond donors (Lipinski definition) is 1. The normalized spacial score (nSPS) is 14.8. The van der Waals surface area contributed by atoms with Crippen LogP contribution in [0.3, 0.4) is 0 Å².